The average Bonchev–Trinajstić information content (AvgIpc) is 2.87. The molecule has 1 saturated heterocycles. The Balaban J connectivity index is 1.42. The van der Waals surface area contributed by atoms with E-state index in [9.17, 15) is 9.90 Å². The molecule has 3 heterocycles. The van der Waals surface area contributed by atoms with Crippen LogP contribution in [0.4, 0.5) is 11.6 Å². The molecule has 1 fully saturated rings. The SMILES string of the molecule is Cc1c(Cc2ccccc2)nnc(N2CCN(c3cnc(C(=O)NC(C)(C)CO)cn3)C(C)C2)c1C. The van der Waals surface area contributed by atoms with E-state index in [1.807, 2.05) is 18.2 Å². The Labute approximate surface area is 212 Å². The second-order valence-corrected chi connectivity index (χ2v) is 10.1. The smallest absolute Gasteiger partial charge is 0.271 e. The van der Waals surface area contributed by atoms with Gasteiger partial charge in [0.25, 0.3) is 5.91 Å². The molecule has 190 valence electrons. The van der Waals surface area contributed by atoms with Gasteiger partial charge in [0.1, 0.15) is 11.5 Å². The molecule has 0 aliphatic carbocycles. The lowest BCUT2D eigenvalue weighted by Gasteiger charge is -2.41. The Morgan fingerprint density at radius 2 is 1.83 bits per heavy atom. The quantitative estimate of drug-likeness (QED) is 0.522. The van der Waals surface area contributed by atoms with Gasteiger partial charge in [-0.2, -0.15) is 5.10 Å². The fraction of sp³-hybridized carbons (Fsp3) is 0.444. The molecule has 2 aromatic heterocycles. The molecule has 3 aromatic rings. The number of aliphatic hydroxyl groups excluding tert-OH is 1. The standard InChI is InChI=1S/C27H35N7O2/c1-18-16-33(25-20(3)19(2)22(31-32-25)13-21-9-7-6-8-10-21)11-12-34(18)24-15-28-23(14-29-24)26(36)30-27(4,5)17-35/h6-10,14-15,18,35H,11-13,16-17H2,1-5H3,(H,30,36). The molecule has 1 amide bonds. The van der Waals surface area contributed by atoms with Gasteiger partial charge in [-0.05, 0) is 51.3 Å². The zero-order valence-corrected chi connectivity index (χ0v) is 21.7. The second-order valence-electron chi connectivity index (χ2n) is 10.1. The number of rotatable bonds is 7. The van der Waals surface area contributed by atoms with Gasteiger partial charge in [-0.1, -0.05) is 30.3 Å². The number of amides is 1. The number of carbonyl (C=O) groups excluding carboxylic acids is 1. The van der Waals surface area contributed by atoms with Crippen molar-refractivity contribution in [1.29, 1.82) is 0 Å². The van der Waals surface area contributed by atoms with Gasteiger partial charge in [0.15, 0.2) is 5.82 Å². The van der Waals surface area contributed by atoms with E-state index in [1.54, 1.807) is 20.0 Å². The second kappa shape index (κ2) is 10.6. The molecule has 0 bridgehead atoms. The van der Waals surface area contributed by atoms with Crippen LogP contribution in [0.15, 0.2) is 42.7 Å². The van der Waals surface area contributed by atoms with Crippen LogP contribution < -0.4 is 15.1 Å². The van der Waals surface area contributed by atoms with Gasteiger partial charge in [0.05, 0.1) is 30.2 Å². The first-order valence-electron chi connectivity index (χ1n) is 12.3. The lowest BCUT2D eigenvalue weighted by atomic mass is 10.0. The lowest BCUT2D eigenvalue weighted by molar-refractivity contribution is 0.0864. The van der Waals surface area contributed by atoms with Gasteiger partial charge in [0.2, 0.25) is 0 Å². The number of benzene rings is 1. The summed E-state index contributed by atoms with van der Waals surface area (Å²) in [5.41, 5.74) is 4.09. The number of hydrogen-bond acceptors (Lipinski definition) is 8. The van der Waals surface area contributed by atoms with Crippen molar-refractivity contribution in [2.45, 2.75) is 52.6 Å². The summed E-state index contributed by atoms with van der Waals surface area (Å²) in [6, 6.07) is 10.5. The summed E-state index contributed by atoms with van der Waals surface area (Å²) in [6.07, 6.45) is 3.90. The first-order valence-corrected chi connectivity index (χ1v) is 12.3. The molecule has 0 saturated carbocycles. The highest BCUT2D eigenvalue weighted by molar-refractivity contribution is 5.92. The molecule has 1 aliphatic rings. The monoisotopic (exact) mass is 489 g/mol. The Morgan fingerprint density at radius 1 is 1.08 bits per heavy atom. The fourth-order valence-electron chi connectivity index (χ4n) is 4.39. The first kappa shape index (κ1) is 25.5. The Morgan fingerprint density at radius 3 is 2.47 bits per heavy atom. The van der Waals surface area contributed by atoms with Gasteiger partial charge < -0.3 is 20.2 Å². The molecular weight excluding hydrogens is 454 g/mol. The Hall–Kier alpha value is -3.59. The summed E-state index contributed by atoms with van der Waals surface area (Å²) in [5, 5.41) is 21.3. The third kappa shape index (κ3) is 5.62. The van der Waals surface area contributed by atoms with Gasteiger partial charge in [-0.3, -0.25) is 4.79 Å². The summed E-state index contributed by atoms with van der Waals surface area (Å²) < 4.78 is 0. The van der Waals surface area contributed by atoms with Crippen LogP contribution >= 0.6 is 0 Å². The topological polar surface area (TPSA) is 107 Å². The number of carbonyl (C=O) groups is 1. The lowest BCUT2D eigenvalue weighted by Crippen LogP contribution is -2.53. The number of nitrogens with one attached hydrogen (secondary N) is 1. The van der Waals surface area contributed by atoms with E-state index in [1.165, 1.54) is 17.3 Å². The molecule has 2 N–H and O–H groups in total. The van der Waals surface area contributed by atoms with E-state index in [0.29, 0.717) is 0 Å². The zero-order chi connectivity index (χ0) is 25.9. The van der Waals surface area contributed by atoms with Crippen LogP contribution in [0.3, 0.4) is 0 Å². The van der Waals surface area contributed by atoms with Crippen LogP contribution in [0.25, 0.3) is 0 Å². The highest BCUT2D eigenvalue weighted by atomic mass is 16.3. The van der Waals surface area contributed by atoms with Crippen molar-refractivity contribution >= 4 is 17.5 Å². The summed E-state index contributed by atoms with van der Waals surface area (Å²) in [5.74, 6) is 1.31. The van der Waals surface area contributed by atoms with Gasteiger partial charge in [0, 0.05) is 32.1 Å². The molecule has 1 aromatic carbocycles. The van der Waals surface area contributed by atoms with Crippen molar-refractivity contribution in [3.8, 4) is 0 Å². The zero-order valence-electron chi connectivity index (χ0n) is 21.7. The molecule has 36 heavy (non-hydrogen) atoms. The largest absolute Gasteiger partial charge is 0.394 e. The van der Waals surface area contributed by atoms with E-state index in [0.717, 1.165) is 48.9 Å². The van der Waals surface area contributed by atoms with Crippen LogP contribution in [0.5, 0.6) is 0 Å². The van der Waals surface area contributed by atoms with Crippen LogP contribution in [0, 0.1) is 13.8 Å². The number of aromatic nitrogens is 4. The van der Waals surface area contributed by atoms with Crippen molar-refractivity contribution in [3.63, 3.8) is 0 Å². The molecule has 9 heteroatoms. The number of nitrogens with zero attached hydrogens (tertiary/aromatic N) is 6. The van der Waals surface area contributed by atoms with Gasteiger partial charge >= 0.3 is 0 Å². The van der Waals surface area contributed by atoms with Crippen LogP contribution in [-0.4, -0.2) is 69.0 Å². The maximum absolute atomic E-state index is 12.4. The van der Waals surface area contributed by atoms with Crippen molar-refractivity contribution in [2.75, 3.05) is 36.0 Å². The summed E-state index contributed by atoms with van der Waals surface area (Å²) in [4.78, 5) is 25.7. The van der Waals surface area contributed by atoms with E-state index < -0.39 is 5.54 Å². The van der Waals surface area contributed by atoms with E-state index in [-0.39, 0.29) is 24.2 Å². The fourth-order valence-corrected chi connectivity index (χ4v) is 4.39. The molecule has 1 unspecified atom stereocenters. The predicted molar refractivity (Wildman–Crippen MR) is 140 cm³/mol. The van der Waals surface area contributed by atoms with Gasteiger partial charge in [-0.25, -0.2) is 9.97 Å². The van der Waals surface area contributed by atoms with E-state index in [2.05, 4.69) is 68.2 Å². The third-order valence-corrected chi connectivity index (χ3v) is 6.75. The summed E-state index contributed by atoms with van der Waals surface area (Å²) >= 11 is 0. The maximum atomic E-state index is 12.4. The van der Waals surface area contributed by atoms with Crippen LogP contribution in [0.2, 0.25) is 0 Å². The summed E-state index contributed by atoms with van der Waals surface area (Å²) in [6.45, 7) is 12.1. The average molecular weight is 490 g/mol. The number of piperazine rings is 1. The first-order chi connectivity index (χ1) is 17.2. The third-order valence-electron chi connectivity index (χ3n) is 6.75. The minimum absolute atomic E-state index is 0.162. The van der Waals surface area contributed by atoms with Crippen LogP contribution in [-0.2, 0) is 6.42 Å². The maximum Gasteiger partial charge on any atom is 0.271 e. The molecule has 9 nitrogen and oxygen atoms in total. The predicted octanol–water partition coefficient (Wildman–Crippen LogP) is 2.69. The highest BCUT2D eigenvalue weighted by Gasteiger charge is 2.28. The Bertz CT molecular complexity index is 1200. The number of hydrogen-bond donors (Lipinski definition) is 2. The minimum Gasteiger partial charge on any atom is -0.394 e. The number of aliphatic hydroxyl groups is 1. The van der Waals surface area contributed by atoms with E-state index >= 15 is 0 Å². The molecular formula is C27H35N7O2. The van der Waals surface area contributed by atoms with Crippen molar-refractivity contribution in [3.05, 3.63) is 70.8 Å². The normalized spacial score (nSPS) is 16.2. The molecule has 0 radical (unpaired) electrons. The van der Waals surface area contributed by atoms with Crippen LogP contribution in [0.1, 0.15) is 53.6 Å². The van der Waals surface area contributed by atoms with Gasteiger partial charge in [-0.15, -0.1) is 5.10 Å². The van der Waals surface area contributed by atoms with Crippen molar-refractivity contribution < 1.29 is 9.90 Å². The van der Waals surface area contributed by atoms with Crippen molar-refractivity contribution in [2.24, 2.45) is 0 Å². The molecule has 1 aliphatic heterocycles. The van der Waals surface area contributed by atoms with Crippen molar-refractivity contribution in [1.82, 2.24) is 25.5 Å². The molecule has 0 spiro atoms. The minimum atomic E-state index is -0.721. The Kier molecular flexibility index (Phi) is 7.49. The number of anilines is 2. The summed E-state index contributed by atoms with van der Waals surface area (Å²) in [7, 11) is 0. The van der Waals surface area contributed by atoms with E-state index in [4.69, 9.17) is 0 Å². The molecule has 4 rings (SSSR count). The highest BCUT2D eigenvalue weighted by Crippen LogP contribution is 2.26. The molecule has 1 atom stereocenters.